The third-order valence-corrected chi connectivity index (χ3v) is 3.78. The molecule has 2 heterocycles. The van der Waals surface area contributed by atoms with Crippen molar-refractivity contribution < 1.29 is 9.45 Å². The van der Waals surface area contributed by atoms with Crippen LogP contribution < -0.4 is 10.9 Å². The van der Waals surface area contributed by atoms with Crippen LogP contribution >= 0.6 is 17.0 Å². The number of hydrogen-bond acceptors (Lipinski definition) is 5. The Morgan fingerprint density at radius 3 is 2.68 bits per heavy atom. The third kappa shape index (κ3) is 3.12. The SMILES string of the molecule is Br.O=c1[nH]oc(C2CCNCC2)c1-c1cccc([N+](=O)[O-])c1. The van der Waals surface area contributed by atoms with Crippen molar-refractivity contribution in [3.8, 4) is 11.1 Å². The zero-order chi connectivity index (χ0) is 14.8. The maximum Gasteiger partial charge on any atom is 0.288 e. The molecule has 0 unspecified atom stereocenters. The van der Waals surface area contributed by atoms with Crippen LogP contribution in [0.1, 0.15) is 24.5 Å². The third-order valence-electron chi connectivity index (χ3n) is 3.78. The Balaban J connectivity index is 0.00000176. The quantitative estimate of drug-likeness (QED) is 0.639. The minimum Gasteiger partial charge on any atom is -0.383 e. The van der Waals surface area contributed by atoms with E-state index in [0.717, 1.165) is 25.9 Å². The highest BCUT2D eigenvalue weighted by atomic mass is 79.9. The van der Waals surface area contributed by atoms with Crippen molar-refractivity contribution in [1.29, 1.82) is 0 Å². The van der Waals surface area contributed by atoms with Crippen molar-refractivity contribution in [2.75, 3.05) is 13.1 Å². The number of nitro groups is 1. The molecule has 22 heavy (non-hydrogen) atoms. The number of aromatic amines is 1. The van der Waals surface area contributed by atoms with Crippen molar-refractivity contribution in [1.82, 2.24) is 10.5 Å². The largest absolute Gasteiger partial charge is 0.383 e. The molecule has 2 N–H and O–H groups in total. The van der Waals surface area contributed by atoms with E-state index in [4.69, 9.17) is 4.52 Å². The predicted octanol–water partition coefficient (Wildman–Crippen LogP) is 2.59. The second-order valence-electron chi connectivity index (χ2n) is 5.10. The molecule has 0 bridgehead atoms. The first kappa shape index (κ1) is 16.4. The summed E-state index contributed by atoms with van der Waals surface area (Å²) in [6.07, 6.45) is 1.76. The van der Waals surface area contributed by atoms with E-state index in [1.54, 1.807) is 12.1 Å². The molecule has 118 valence electrons. The van der Waals surface area contributed by atoms with Crippen LogP contribution in [0.15, 0.2) is 33.6 Å². The van der Waals surface area contributed by atoms with Gasteiger partial charge in [-0.25, -0.2) is 0 Å². The van der Waals surface area contributed by atoms with Gasteiger partial charge in [0.1, 0.15) is 5.76 Å². The van der Waals surface area contributed by atoms with Gasteiger partial charge in [-0.3, -0.25) is 14.9 Å². The fourth-order valence-corrected chi connectivity index (χ4v) is 2.74. The lowest BCUT2D eigenvalue weighted by atomic mass is 9.91. The number of hydrogen-bond donors (Lipinski definition) is 2. The number of halogens is 1. The van der Waals surface area contributed by atoms with Gasteiger partial charge in [-0.15, -0.1) is 17.0 Å². The molecule has 0 aliphatic carbocycles. The van der Waals surface area contributed by atoms with E-state index >= 15 is 0 Å². The molecule has 8 heteroatoms. The molecule has 1 aromatic heterocycles. The fraction of sp³-hybridized carbons (Fsp3) is 0.357. The molecule has 1 aromatic carbocycles. The summed E-state index contributed by atoms with van der Waals surface area (Å²) in [4.78, 5) is 22.4. The van der Waals surface area contributed by atoms with E-state index in [2.05, 4.69) is 10.5 Å². The van der Waals surface area contributed by atoms with E-state index in [0.29, 0.717) is 16.9 Å². The lowest BCUT2D eigenvalue weighted by Crippen LogP contribution is -2.26. The number of nitrogens with one attached hydrogen (secondary N) is 2. The Labute approximate surface area is 136 Å². The molecule has 0 radical (unpaired) electrons. The summed E-state index contributed by atoms with van der Waals surface area (Å²) in [5.41, 5.74) is 0.548. The molecule has 0 atom stereocenters. The molecule has 0 saturated carbocycles. The number of piperidine rings is 1. The van der Waals surface area contributed by atoms with Crippen LogP contribution in [0.5, 0.6) is 0 Å². The highest BCUT2D eigenvalue weighted by Crippen LogP contribution is 2.32. The van der Waals surface area contributed by atoms with Gasteiger partial charge < -0.3 is 9.84 Å². The number of H-pyrrole nitrogens is 1. The molecule has 7 nitrogen and oxygen atoms in total. The summed E-state index contributed by atoms with van der Waals surface area (Å²) < 4.78 is 5.35. The van der Waals surface area contributed by atoms with E-state index in [1.807, 2.05) is 0 Å². The maximum atomic E-state index is 12.0. The van der Waals surface area contributed by atoms with Gasteiger partial charge in [0.05, 0.1) is 10.5 Å². The predicted molar refractivity (Wildman–Crippen MR) is 86.6 cm³/mol. The molecule has 1 saturated heterocycles. The molecule has 0 amide bonds. The number of rotatable bonds is 3. The van der Waals surface area contributed by atoms with E-state index < -0.39 is 4.92 Å². The Hall–Kier alpha value is -1.93. The maximum absolute atomic E-state index is 12.0. The van der Waals surface area contributed by atoms with Crippen molar-refractivity contribution in [2.45, 2.75) is 18.8 Å². The van der Waals surface area contributed by atoms with Crippen molar-refractivity contribution in [3.05, 3.63) is 50.5 Å². The Morgan fingerprint density at radius 2 is 2.00 bits per heavy atom. The van der Waals surface area contributed by atoms with Crippen molar-refractivity contribution in [3.63, 3.8) is 0 Å². The lowest BCUT2D eigenvalue weighted by Gasteiger charge is -2.20. The summed E-state index contributed by atoms with van der Waals surface area (Å²) in [7, 11) is 0. The highest BCUT2D eigenvalue weighted by molar-refractivity contribution is 8.93. The van der Waals surface area contributed by atoms with Gasteiger partial charge in [0.2, 0.25) is 0 Å². The first-order valence-corrected chi connectivity index (χ1v) is 6.83. The number of nitrogens with zero attached hydrogens (tertiary/aromatic N) is 1. The van der Waals surface area contributed by atoms with Crippen molar-refractivity contribution in [2.24, 2.45) is 0 Å². The topological polar surface area (TPSA) is 101 Å². The fourth-order valence-electron chi connectivity index (χ4n) is 2.74. The van der Waals surface area contributed by atoms with Gasteiger partial charge in [0, 0.05) is 18.1 Å². The zero-order valence-electron chi connectivity index (χ0n) is 11.7. The van der Waals surface area contributed by atoms with Crippen LogP contribution in [-0.4, -0.2) is 23.2 Å². The normalized spacial score (nSPS) is 15.3. The van der Waals surface area contributed by atoms with Crippen LogP contribution in [0.25, 0.3) is 11.1 Å². The van der Waals surface area contributed by atoms with Gasteiger partial charge in [0.15, 0.2) is 0 Å². The molecular formula is C14H16BrN3O4. The van der Waals surface area contributed by atoms with Crippen LogP contribution in [0, 0.1) is 10.1 Å². The second-order valence-corrected chi connectivity index (χ2v) is 5.10. The standard InChI is InChI=1S/C14H15N3O4.BrH/c18-14-12(10-2-1-3-11(8-10)17(19)20)13(21-16-14)9-4-6-15-7-5-9;/h1-3,8-9,15H,4-7H2,(H,16,18);1H. The van der Waals surface area contributed by atoms with Gasteiger partial charge in [0.25, 0.3) is 11.2 Å². The molecule has 1 aliphatic rings. The summed E-state index contributed by atoms with van der Waals surface area (Å²) in [5.74, 6) is 0.751. The highest BCUT2D eigenvalue weighted by Gasteiger charge is 2.25. The second kappa shape index (κ2) is 6.89. The van der Waals surface area contributed by atoms with E-state index in [1.165, 1.54) is 12.1 Å². The first-order chi connectivity index (χ1) is 10.2. The smallest absolute Gasteiger partial charge is 0.288 e. The van der Waals surface area contributed by atoms with Crippen LogP contribution in [-0.2, 0) is 0 Å². The Bertz CT molecular complexity index is 719. The first-order valence-electron chi connectivity index (χ1n) is 6.83. The van der Waals surface area contributed by atoms with Gasteiger partial charge >= 0.3 is 0 Å². The number of benzene rings is 1. The molecule has 1 fully saturated rings. The summed E-state index contributed by atoms with van der Waals surface area (Å²) in [6.45, 7) is 1.74. The molecule has 0 spiro atoms. The van der Waals surface area contributed by atoms with E-state index in [9.17, 15) is 14.9 Å². The molecular weight excluding hydrogens is 354 g/mol. The number of nitro benzene ring substituents is 1. The van der Waals surface area contributed by atoms with Crippen LogP contribution in [0.4, 0.5) is 5.69 Å². The van der Waals surface area contributed by atoms with E-state index in [-0.39, 0.29) is 34.1 Å². The van der Waals surface area contributed by atoms with Gasteiger partial charge in [-0.1, -0.05) is 12.1 Å². The van der Waals surface area contributed by atoms with Gasteiger partial charge in [-0.05, 0) is 31.5 Å². The van der Waals surface area contributed by atoms with Crippen LogP contribution in [0.2, 0.25) is 0 Å². The molecule has 2 aromatic rings. The van der Waals surface area contributed by atoms with Gasteiger partial charge in [-0.2, -0.15) is 5.16 Å². The lowest BCUT2D eigenvalue weighted by molar-refractivity contribution is -0.384. The average molecular weight is 370 g/mol. The average Bonchev–Trinajstić information content (AvgIpc) is 2.90. The Morgan fingerprint density at radius 1 is 1.27 bits per heavy atom. The number of non-ortho nitro benzene ring substituents is 1. The van der Waals surface area contributed by atoms with Crippen molar-refractivity contribution >= 4 is 22.7 Å². The number of aromatic nitrogens is 1. The Kier molecular flexibility index (Phi) is 5.15. The minimum atomic E-state index is -0.470. The monoisotopic (exact) mass is 369 g/mol. The molecule has 3 rings (SSSR count). The summed E-state index contributed by atoms with van der Waals surface area (Å²) in [6, 6.07) is 6.08. The summed E-state index contributed by atoms with van der Waals surface area (Å²) in [5, 5.41) is 16.5. The van der Waals surface area contributed by atoms with Crippen LogP contribution in [0.3, 0.4) is 0 Å². The molecule has 1 aliphatic heterocycles. The minimum absolute atomic E-state index is 0. The zero-order valence-corrected chi connectivity index (χ0v) is 13.4. The summed E-state index contributed by atoms with van der Waals surface area (Å²) >= 11 is 0.